The molecule has 2 heterocycles. The molecule has 4 rings (SSSR count). The number of amides is 1. The highest BCUT2D eigenvalue weighted by atomic mass is 35.5. The molecule has 34 heavy (non-hydrogen) atoms. The van der Waals surface area contributed by atoms with Crippen molar-refractivity contribution < 1.29 is 29.3 Å². The number of H-pyrrole nitrogens is 1. The van der Waals surface area contributed by atoms with E-state index in [2.05, 4.69) is 10.3 Å². The number of thiophene rings is 1. The van der Waals surface area contributed by atoms with Crippen molar-refractivity contribution in [1.29, 1.82) is 0 Å². The van der Waals surface area contributed by atoms with E-state index in [0.29, 0.717) is 38.2 Å². The number of rotatable bonds is 9. The molecule has 0 fully saturated rings. The van der Waals surface area contributed by atoms with Crippen LogP contribution in [0.2, 0.25) is 9.36 Å². The number of carboxylic acid groups (broad SMARTS) is 2. The number of carboxylic acids is 2. The minimum atomic E-state index is -2.19. The van der Waals surface area contributed by atoms with Crippen LogP contribution in [0, 0.1) is 5.41 Å². The van der Waals surface area contributed by atoms with Crippen LogP contribution in [0.4, 0.5) is 0 Å². The molecule has 0 aliphatic heterocycles. The van der Waals surface area contributed by atoms with Gasteiger partial charge in [-0.1, -0.05) is 47.5 Å². The topological polar surface area (TPSA) is 129 Å². The van der Waals surface area contributed by atoms with Crippen LogP contribution >= 0.6 is 34.5 Å². The number of fused-ring (bicyclic) bond motifs is 2. The van der Waals surface area contributed by atoms with Crippen molar-refractivity contribution in [2.75, 3.05) is 13.2 Å². The van der Waals surface area contributed by atoms with Gasteiger partial charge in [-0.05, 0) is 37.0 Å². The predicted molar refractivity (Wildman–Crippen MR) is 129 cm³/mol. The van der Waals surface area contributed by atoms with E-state index >= 15 is 0 Å². The van der Waals surface area contributed by atoms with Crippen molar-refractivity contribution in [1.82, 2.24) is 10.3 Å². The molecule has 1 amide bonds. The summed E-state index contributed by atoms with van der Waals surface area (Å²) in [5, 5.41) is 23.6. The first-order chi connectivity index (χ1) is 16.2. The highest BCUT2D eigenvalue weighted by Crippen LogP contribution is 2.48. The summed E-state index contributed by atoms with van der Waals surface area (Å²) in [5.41, 5.74) is -0.0396. The third-order valence-electron chi connectivity index (χ3n) is 6.31. The molecular formula is C23H22Cl2N2O6S. The molecule has 0 radical (unpaired) electrons. The molecule has 2 aromatic heterocycles. The molecule has 0 spiro atoms. The minimum absolute atomic E-state index is 0.0411. The standard InChI is InChI=1S/C23H22Cl2N2O6S/c1-2-33-8-7-23(21(29)30,22(31)32)16-12-6-4-3-5-11(12)9-13(16)27-20(28)14-10-15-18(26-14)17(24)19(25)34-15/h3-6,10,13,16,26H,2,7-9H2,1H3,(H,27,28)(H,29,30)(H,31,32)/t13-,16-/m1/s1. The van der Waals surface area contributed by atoms with Gasteiger partial charge in [-0.25, -0.2) is 0 Å². The molecule has 0 unspecified atom stereocenters. The highest BCUT2D eigenvalue weighted by molar-refractivity contribution is 7.23. The van der Waals surface area contributed by atoms with Crippen LogP contribution in [-0.2, 0) is 20.7 Å². The summed E-state index contributed by atoms with van der Waals surface area (Å²) >= 11 is 13.4. The number of benzene rings is 1. The summed E-state index contributed by atoms with van der Waals surface area (Å²) in [4.78, 5) is 41.2. The Balaban J connectivity index is 1.72. The average molecular weight is 525 g/mol. The van der Waals surface area contributed by atoms with Gasteiger partial charge in [0.15, 0.2) is 5.41 Å². The lowest BCUT2D eigenvalue weighted by atomic mass is 9.68. The summed E-state index contributed by atoms with van der Waals surface area (Å²) in [6.45, 7) is 2.03. The lowest BCUT2D eigenvalue weighted by Gasteiger charge is -2.35. The maximum atomic E-state index is 13.2. The molecule has 11 heteroatoms. The fraction of sp³-hybridized carbons (Fsp3) is 0.348. The molecular weight excluding hydrogens is 503 g/mol. The van der Waals surface area contributed by atoms with Crippen LogP contribution < -0.4 is 5.32 Å². The number of carbonyl (C=O) groups is 3. The summed E-state index contributed by atoms with van der Waals surface area (Å²) in [7, 11) is 0. The van der Waals surface area contributed by atoms with Crippen LogP contribution in [0.15, 0.2) is 30.3 Å². The van der Waals surface area contributed by atoms with Gasteiger partial charge in [0, 0.05) is 25.2 Å². The van der Waals surface area contributed by atoms with Gasteiger partial charge in [0.1, 0.15) is 10.0 Å². The Bertz CT molecular complexity index is 1260. The number of aliphatic carboxylic acids is 2. The van der Waals surface area contributed by atoms with E-state index in [0.717, 1.165) is 5.56 Å². The van der Waals surface area contributed by atoms with Gasteiger partial charge >= 0.3 is 11.9 Å². The summed E-state index contributed by atoms with van der Waals surface area (Å²) in [5.74, 6) is -4.44. The van der Waals surface area contributed by atoms with Gasteiger partial charge in [-0.2, -0.15) is 0 Å². The fourth-order valence-electron chi connectivity index (χ4n) is 4.73. The second-order valence-electron chi connectivity index (χ2n) is 8.10. The number of aromatic amines is 1. The van der Waals surface area contributed by atoms with E-state index in [-0.39, 0.29) is 18.7 Å². The Kier molecular flexibility index (Phi) is 6.91. The third kappa shape index (κ3) is 4.07. The number of carbonyl (C=O) groups excluding carboxylic acids is 1. The molecule has 0 saturated carbocycles. The highest BCUT2D eigenvalue weighted by Gasteiger charge is 2.58. The first-order valence-electron chi connectivity index (χ1n) is 10.6. The Hall–Kier alpha value is -2.59. The molecule has 180 valence electrons. The largest absolute Gasteiger partial charge is 0.480 e. The monoisotopic (exact) mass is 524 g/mol. The van der Waals surface area contributed by atoms with E-state index in [1.807, 2.05) is 6.07 Å². The molecule has 4 N–H and O–H groups in total. The average Bonchev–Trinajstić information content (AvgIpc) is 3.44. The number of halogens is 2. The lowest BCUT2D eigenvalue weighted by molar-refractivity contribution is -0.169. The zero-order valence-corrected chi connectivity index (χ0v) is 20.4. The van der Waals surface area contributed by atoms with E-state index in [1.54, 1.807) is 31.2 Å². The molecule has 3 aromatic rings. The Labute approximate surface area is 208 Å². The molecule has 1 aliphatic carbocycles. The van der Waals surface area contributed by atoms with Gasteiger partial charge in [0.2, 0.25) is 0 Å². The number of nitrogens with one attached hydrogen (secondary N) is 2. The van der Waals surface area contributed by atoms with Gasteiger partial charge in [-0.3, -0.25) is 14.4 Å². The predicted octanol–water partition coefficient (Wildman–Crippen LogP) is 4.56. The Morgan fingerprint density at radius 1 is 1.24 bits per heavy atom. The molecule has 0 bridgehead atoms. The molecule has 1 aliphatic rings. The second-order valence-corrected chi connectivity index (χ2v) is 10.1. The quantitative estimate of drug-likeness (QED) is 0.240. The molecule has 0 saturated heterocycles. The van der Waals surface area contributed by atoms with E-state index < -0.39 is 35.2 Å². The summed E-state index contributed by atoms with van der Waals surface area (Å²) in [6, 6.07) is 7.92. The summed E-state index contributed by atoms with van der Waals surface area (Å²) < 4.78 is 6.44. The van der Waals surface area contributed by atoms with Gasteiger partial charge < -0.3 is 25.3 Å². The number of hydrogen-bond donors (Lipinski definition) is 4. The van der Waals surface area contributed by atoms with E-state index in [4.69, 9.17) is 27.9 Å². The van der Waals surface area contributed by atoms with Crippen molar-refractivity contribution in [3.63, 3.8) is 0 Å². The molecule has 2 atom stereocenters. The Morgan fingerprint density at radius 3 is 2.59 bits per heavy atom. The number of hydrogen-bond acceptors (Lipinski definition) is 5. The molecule has 1 aromatic carbocycles. The zero-order valence-electron chi connectivity index (χ0n) is 18.1. The maximum Gasteiger partial charge on any atom is 0.321 e. The van der Waals surface area contributed by atoms with Gasteiger partial charge in [0.05, 0.1) is 15.2 Å². The van der Waals surface area contributed by atoms with Crippen LogP contribution in [0.1, 0.15) is 40.9 Å². The Morgan fingerprint density at radius 2 is 1.94 bits per heavy atom. The van der Waals surface area contributed by atoms with Crippen molar-refractivity contribution in [2.24, 2.45) is 5.41 Å². The first-order valence-corrected chi connectivity index (χ1v) is 12.2. The maximum absolute atomic E-state index is 13.2. The van der Waals surface area contributed by atoms with Gasteiger partial charge in [0.25, 0.3) is 5.91 Å². The number of ether oxygens (including phenoxy) is 1. The van der Waals surface area contributed by atoms with Crippen LogP contribution in [-0.4, -0.2) is 52.3 Å². The summed E-state index contributed by atoms with van der Waals surface area (Å²) in [6.07, 6.45) is 0.0500. The first kappa shape index (κ1) is 24.5. The van der Waals surface area contributed by atoms with Crippen molar-refractivity contribution >= 4 is 62.6 Å². The van der Waals surface area contributed by atoms with E-state index in [1.165, 1.54) is 11.3 Å². The van der Waals surface area contributed by atoms with Crippen molar-refractivity contribution in [2.45, 2.75) is 31.7 Å². The minimum Gasteiger partial charge on any atom is -0.480 e. The van der Waals surface area contributed by atoms with Crippen LogP contribution in [0.5, 0.6) is 0 Å². The third-order valence-corrected chi connectivity index (χ3v) is 8.24. The number of aromatic nitrogens is 1. The van der Waals surface area contributed by atoms with Crippen LogP contribution in [0.25, 0.3) is 10.2 Å². The SMILES string of the molecule is CCOCCC(C(=O)O)(C(=O)O)[C@@H]1c2ccccc2C[C@H]1NC(=O)c1cc2sc(Cl)c(Cl)c2[nH]1. The van der Waals surface area contributed by atoms with Crippen molar-refractivity contribution in [3.8, 4) is 0 Å². The van der Waals surface area contributed by atoms with Crippen LogP contribution in [0.3, 0.4) is 0 Å². The normalized spacial score (nSPS) is 17.6. The lowest BCUT2D eigenvalue weighted by Crippen LogP contribution is -2.52. The fourth-order valence-corrected chi connectivity index (χ4v) is 6.21. The smallest absolute Gasteiger partial charge is 0.321 e. The van der Waals surface area contributed by atoms with Gasteiger partial charge in [-0.15, -0.1) is 11.3 Å². The van der Waals surface area contributed by atoms with Crippen molar-refractivity contribution in [3.05, 3.63) is 56.5 Å². The molecule has 8 nitrogen and oxygen atoms in total. The second kappa shape index (κ2) is 9.58. The zero-order chi connectivity index (χ0) is 24.6. The van der Waals surface area contributed by atoms with E-state index in [9.17, 15) is 24.6 Å².